The van der Waals surface area contributed by atoms with Crippen molar-refractivity contribution in [2.75, 3.05) is 7.05 Å². The second-order valence-electron chi connectivity index (χ2n) is 6.07. The summed E-state index contributed by atoms with van der Waals surface area (Å²) in [5, 5.41) is 0. The highest BCUT2D eigenvalue weighted by atomic mass is 19.1. The number of fused-ring (bicyclic) bond motifs is 2. The minimum Gasteiger partial charge on any atom is -0.341 e. The molecule has 1 aromatic carbocycles. The summed E-state index contributed by atoms with van der Waals surface area (Å²) >= 11 is 0. The molecule has 1 aromatic rings. The Labute approximate surface area is 113 Å². The molecule has 3 heteroatoms. The van der Waals surface area contributed by atoms with Gasteiger partial charge in [0, 0.05) is 25.1 Å². The van der Waals surface area contributed by atoms with Crippen LogP contribution < -0.4 is 0 Å². The van der Waals surface area contributed by atoms with Crippen LogP contribution in [0.2, 0.25) is 0 Å². The first-order valence-corrected chi connectivity index (χ1v) is 7.13. The number of carbonyl (C=O) groups is 1. The zero-order valence-corrected chi connectivity index (χ0v) is 11.3. The molecule has 2 aliphatic carbocycles. The third kappa shape index (κ3) is 2.38. The zero-order valence-electron chi connectivity index (χ0n) is 11.3. The van der Waals surface area contributed by atoms with Crippen molar-refractivity contribution in [3.05, 3.63) is 35.6 Å². The van der Waals surface area contributed by atoms with Crippen molar-refractivity contribution in [2.24, 2.45) is 17.8 Å². The zero-order chi connectivity index (χ0) is 13.4. The number of nitrogens with zero attached hydrogens (tertiary/aromatic N) is 1. The summed E-state index contributed by atoms with van der Waals surface area (Å²) in [5.41, 5.74) is 0.599. The normalized spacial score (nSPS) is 28.6. The van der Waals surface area contributed by atoms with E-state index in [1.165, 1.54) is 25.3 Å². The van der Waals surface area contributed by atoms with E-state index in [1.54, 1.807) is 24.1 Å². The minimum atomic E-state index is -0.227. The van der Waals surface area contributed by atoms with Gasteiger partial charge >= 0.3 is 0 Å². The van der Waals surface area contributed by atoms with E-state index >= 15 is 0 Å². The second-order valence-corrected chi connectivity index (χ2v) is 6.07. The Morgan fingerprint density at radius 2 is 2.11 bits per heavy atom. The number of halogens is 1. The van der Waals surface area contributed by atoms with Crippen LogP contribution in [-0.2, 0) is 11.3 Å². The second kappa shape index (κ2) is 4.95. The third-order valence-electron chi connectivity index (χ3n) is 4.80. The van der Waals surface area contributed by atoms with E-state index in [4.69, 9.17) is 0 Å². The smallest absolute Gasteiger partial charge is 0.226 e. The molecule has 2 saturated carbocycles. The Bertz CT molecular complexity index is 487. The summed E-state index contributed by atoms with van der Waals surface area (Å²) in [6.07, 6.45) is 4.77. The minimum absolute atomic E-state index is 0.190. The Morgan fingerprint density at radius 1 is 1.32 bits per heavy atom. The Balaban J connectivity index is 1.66. The number of rotatable bonds is 3. The van der Waals surface area contributed by atoms with Gasteiger partial charge in [-0.2, -0.15) is 0 Å². The van der Waals surface area contributed by atoms with Crippen LogP contribution in [0.25, 0.3) is 0 Å². The molecule has 0 heterocycles. The fourth-order valence-electron chi connectivity index (χ4n) is 3.79. The van der Waals surface area contributed by atoms with Crippen LogP contribution in [0, 0.1) is 23.6 Å². The highest BCUT2D eigenvalue weighted by Gasteiger charge is 2.43. The summed E-state index contributed by atoms with van der Waals surface area (Å²) in [6.45, 7) is 0.374. The largest absolute Gasteiger partial charge is 0.341 e. The van der Waals surface area contributed by atoms with Gasteiger partial charge in [-0.25, -0.2) is 4.39 Å². The average molecular weight is 261 g/mol. The molecular weight excluding hydrogens is 241 g/mol. The van der Waals surface area contributed by atoms with Crippen LogP contribution in [0.1, 0.15) is 31.2 Å². The molecule has 3 rings (SSSR count). The van der Waals surface area contributed by atoms with Gasteiger partial charge in [-0.1, -0.05) is 24.6 Å². The molecule has 1 amide bonds. The summed E-state index contributed by atoms with van der Waals surface area (Å²) in [6, 6.07) is 6.69. The Morgan fingerprint density at radius 3 is 2.74 bits per heavy atom. The maximum atomic E-state index is 13.6. The number of hydrogen-bond acceptors (Lipinski definition) is 1. The van der Waals surface area contributed by atoms with Gasteiger partial charge in [0.05, 0.1) is 0 Å². The first-order chi connectivity index (χ1) is 9.15. The predicted molar refractivity (Wildman–Crippen MR) is 71.8 cm³/mol. The van der Waals surface area contributed by atoms with Crippen molar-refractivity contribution < 1.29 is 9.18 Å². The van der Waals surface area contributed by atoms with E-state index < -0.39 is 0 Å². The molecule has 19 heavy (non-hydrogen) atoms. The van der Waals surface area contributed by atoms with Crippen LogP contribution in [-0.4, -0.2) is 17.9 Å². The number of carbonyl (C=O) groups excluding carboxylic acids is 1. The van der Waals surface area contributed by atoms with E-state index in [-0.39, 0.29) is 17.6 Å². The van der Waals surface area contributed by atoms with Crippen LogP contribution in [0.5, 0.6) is 0 Å². The van der Waals surface area contributed by atoms with Crippen molar-refractivity contribution >= 4 is 5.91 Å². The molecule has 0 saturated heterocycles. The van der Waals surface area contributed by atoms with E-state index in [2.05, 4.69) is 0 Å². The van der Waals surface area contributed by atoms with E-state index in [1.807, 2.05) is 6.07 Å². The van der Waals surface area contributed by atoms with Gasteiger partial charge in [-0.05, 0) is 37.2 Å². The third-order valence-corrected chi connectivity index (χ3v) is 4.80. The van der Waals surface area contributed by atoms with Gasteiger partial charge in [0.15, 0.2) is 0 Å². The molecule has 2 fully saturated rings. The maximum absolute atomic E-state index is 13.6. The Kier molecular flexibility index (Phi) is 3.29. The fraction of sp³-hybridized carbons (Fsp3) is 0.562. The molecular formula is C16H20FNO. The van der Waals surface area contributed by atoms with E-state index in [0.29, 0.717) is 18.0 Å². The monoisotopic (exact) mass is 261 g/mol. The lowest BCUT2D eigenvalue weighted by molar-refractivity contribution is -0.136. The molecule has 2 aliphatic rings. The molecule has 0 N–H and O–H groups in total. The molecule has 0 radical (unpaired) electrons. The standard InChI is InChI=1S/C16H20FNO/c1-18(10-13-4-2-3-5-15(13)17)16(19)14-9-11-6-7-12(14)8-11/h2-5,11-12,14H,6-10H2,1H3. The highest BCUT2D eigenvalue weighted by Crippen LogP contribution is 2.48. The SMILES string of the molecule is CN(Cc1ccccc1F)C(=O)C1CC2CCC1C2. The van der Waals surface area contributed by atoms with Crippen molar-refractivity contribution in [1.82, 2.24) is 4.90 Å². The van der Waals surface area contributed by atoms with Crippen LogP contribution in [0.15, 0.2) is 24.3 Å². The predicted octanol–water partition coefficient (Wildman–Crippen LogP) is 3.22. The van der Waals surface area contributed by atoms with Gasteiger partial charge in [0.1, 0.15) is 5.82 Å². The molecule has 0 aliphatic heterocycles. The molecule has 102 valence electrons. The lowest BCUT2D eigenvalue weighted by atomic mass is 9.88. The van der Waals surface area contributed by atoms with Crippen LogP contribution >= 0.6 is 0 Å². The Hall–Kier alpha value is -1.38. The van der Waals surface area contributed by atoms with Gasteiger partial charge in [-0.15, -0.1) is 0 Å². The van der Waals surface area contributed by atoms with Gasteiger partial charge in [-0.3, -0.25) is 4.79 Å². The van der Waals surface area contributed by atoms with Crippen molar-refractivity contribution in [1.29, 1.82) is 0 Å². The number of amides is 1. The quantitative estimate of drug-likeness (QED) is 0.818. The maximum Gasteiger partial charge on any atom is 0.226 e. The molecule has 2 bridgehead atoms. The lowest BCUT2D eigenvalue weighted by Gasteiger charge is -2.26. The van der Waals surface area contributed by atoms with E-state index in [0.717, 1.165) is 12.3 Å². The van der Waals surface area contributed by atoms with Gasteiger partial charge in [0.2, 0.25) is 5.91 Å². The summed E-state index contributed by atoms with van der Waals surface area (Å²) in [7, 11) is 1.79. The average Bonchev–Trinajstić information content (AvgIpc) is 3.03. The van der Waals surface area contributed by atoms with Crippen molar-refractivity contribution in [2.45, 2.75) is 32.2 Å². The van der Waals surface area contributed by atoms with Crippen LogP contribution in [0.4, 0.5) is 4.39 Å². The number of benzene rings is 1. The molecule has 3 atom stereocenters. The van der Waals surface area contributed by atoms with E-state index in [9.17, 15) is 9.18 Å². The van der Waals surface area contributed by atoms with Crippen LogP contribution in [0.3, 0.4) is 0 Å². The van der Waals surface area contributed by atoms with Gasteiger partial charge in [0.25, 0.3) is 0 Å². The van der Waals surface area contributed by atoms with Crippen molar-refractivity contribution in [3.8, 4) is 0 Å². The number of hydrogen-bond donors (Lipinski definition) is 0. The molecule has 2 nitrogen and oxygen atoms in total. The molecule has 0 aromatic heterocycles. The highest BCUT2D eigenvalue weighted by molar-refractivity contribution is 5.79. The fourth-order valence-corrected chi connectivity index (χ4v) is 3.79. The van der Waals surface area contributed by atoms with Gasteiger partial charge < -0.3 is 4.90 Å². The first-order valence-electron chi connectivity index (χ1n) is 7.13. The first kappa shape index (κ1) is 12.6. The summed E-state index contributed by atoms with van der Waals surface area (Å²) in [4.78, 5) is 14.2. The molecule has 3 unspecified atom stereocenters. The molecule has 0 spiro atoms. The lowest BCUT2D eigenvalue weighted by Crippen LogP contribution is -2.35. The summed E-state index contributed by atoms with van der Waals surface area (Å²) < 4.78 is 13.6. The van der Waals surface area contributed by atoms with Crippen molar-refractivity contribution in [3.63, 3.8) is 0 Å². The topological polar surface area (TPSA) is 20.3 Å². The summed E-state index contributed by atoms with van der Waals surface area (Å²) in [5.74, 6) is 1.52.